The van der Waals surface area contributed by atoms with Gasteiger partial charge < -0.3 is 14.5 Å². The van der Waals surface area contributed by atoms with E-state index in [2.05, 4.69) is 51.4 Å². The number of rotatable bonds is 5. The summed E-state index contributed by atoms with van der Waals surface area (Å²) in [6.45, 7) is 3.63. The fraction of sp³-hybridized carbons (Fsp3) is 0.407. The quantitative estimate of drug-likeness (QED) is 0.418. The summed E-state index contributed by atoms with van der Waals surface area (Å²) < 4.78 is 6.62. The monoisotopic (exact) mass is 427 g/mol. The number of benzene rings is 1. The number of pyridine rings is 1. The number of nitrogens with zero attached hydrogens (tertiary/aromatic N) is 3. The van der Waals surface area contributed by atoms with E-state index in [9.17, 15) is 5.21 Å². The predicted octanol–water partition coefficient (Wildman–Crippen LogP) is 5.72. The highest BCUT2D eigenvalue weighted by molar-refractivity contribution is 6.04. The molecule has 3 aromatic rings. The van der Waals surface area contributed by atoms with Crippen molar-refractivity contribution in [1.82, 2.24) is 9.88 Å². The van der Waals surface area contributed by atoms with Crippen LogP contribution in [0, 0.1) is 5.92 Å². The lowest BCUT2D eigenvalue weighted by molar-refractivity contribution is 0.196. The van der Waals surface area contributed by atoms with E-state index in [0.29, 0.717) is 5.92 Å². The first-order chi connectivity index (χ1) is 15.8. The Kier molecular flexibility index (Phi) is 5.07. The highest BCUT2D eigenvalue weighted by Crippen LogP contribution is 2.41. The van der Waals surface area contributed by atoms with Gasteiger partial charge in [-0.15, -0.1) is 0 Å². The lowest BCUT2D eigenvalue weighted by atomic mass is 9.93. The van der Waals surface area contributed by atoms with Crippen LogP contribution >= 0.6 is 0 Å². The van der Waals surface area contributed by atoms with E-state index in [1.54, 1.807) is 0 Å². The molecule has 1 saturated heterocycles. The van der Waals surface area contributed by atoms with E-state index in [0.717, 1.165) is 71.1 Å². The molecule has 2 fully saturated rings. The van der Waals surface area contributed by atoms with Crippen molar-refractivity contribution in [3.8, 4) is 22.5 Å². The molecule has 0 amide bonds. The maximum absolute atomic E-state index is 9.27. The molecule has 6 rings (SSSR count). The molecule has 0 bridgehead atoms. The minimum Gasteiger partial charge on any atom is -0.460 e. The van der Waals surface area contributed by atoms with E-state index < -0.39 is 0 Å². The molecule has 1 aliphatic heterocycles. The fourth-order valence-electron chi connectivity index (χ4n) is 5.35. The summed E-state index contributed by atoms with van der Waals surface area (Å²) in [5.41, 5.74) is 6.41. The summed E-state index contributed by atoms with van der Waals surface area (Å²) in [6, 6.07) is 12.8. The number of hydrogen-bond donors (Lipinski definition) is 1. The Morgan fingerprint density at radius 3 is 2.50 bits per heavy atom. The second-order valence-electron chi connectivity index (χ2n) is 9.56. The van der Waals surface area contributed by atoms with E-state index in [-0.39, 0.29) is 0 Å². The number of hydrogen-bond acceptors (Lipinski definition) is 5. The van der Waals surface area contributed by atoms with Gasteiger partial charge in [0.2, 0.25) is 0 Å². The molecule has 5 heteroatoms. The van der Waals surface area contributed by atoms with E-state index in [4.69, 9.17) is 4.42 Å². The Hall–Kier alpha value is -2.92. The molecule has 164 valence electrons. The molecule has 1 N–H and O–H groups in total. The molecule has 32 heavy (non-hydrogen) atoms. The van der Waals surface area contributed by atoms with Crippen molar-refractivity contribution in [3.05, 3.63) is 65.7 Å². The molecule has 5 nitrogen and oxygen atoms in total. The molecular formula is C27H29N3O2. The van der Waals surface area contributed by atoms with Gasteiger partial charge in [-0.1, -0.05) is 17.3 Å². The maximum Gasteiger partial charge on any atom is 0.142 e. The first-order valence-electron chi connectivity index (χ1n) is 11.9. The van der Waals surface area contributed by atoms with Crippen molar-refractivity contribution in [2.45, 2.75) is 44.4 Å². The number of aryl methyl sites for hydroxylation is 1. The number of piperidine rings is 1. The normalized spacial score (nSPS) is 20.7. The molecule has 1 saturated carbocycles. The standard InChI is InChI=1S/C27H29N3O2/c31-29-25-6-4-21-15-22(3-5-23(21)25)27-24(19-7-11-28-12-8-19)16-26(32-27)20-9-13-30(14-10-20)17-18-1-2-18/h3,5,7-8,11-12,15-16,18,20,31H,1-2,4,6,9-10,13-14,17H2/b29-25-. The van der Waals surface area contributed by atoms with Gasteiger partial charge in [-0.2, -0.15) is 0 Å². The Bertz CT molecular complexity index is 1140. The number of furan rings is 1. The summed E-state index contributed by atoms with van der Waals surface area (Å²) in [7, 11) is 0. The van der Waals surface area contributed by atoms with E-state index in [1.165, 1.54) is 38.0 Å². The largest absolute Gasteiger partial charge is 0.460 e. The SMILES string of the molecule is O/N=C1/CCc2cc(-c3oc(C4CCN(CC5CC5)CC4)cc3-c3ccncc3)ccc21. The lowest BCUT2D eigenvalue weighted by Crippen LogP contribution is -2.34. The van der Waals surface area contributed by atoms with Crippen LogP contribution in [0.25, 0.3) is 22.5 Å². The van der Waals surface area contributed by atoms with Crippen LogP contribution in [0.5, 0.6) is 0 Å². The van der Waals surface area contributed by atoms with Crippen molar-refractivity contribution in [3.63, 3.8) is 0 Å². The number of fused-ring (bicyclic) bond motifs is 1. The van der Waals surface area contributed by atoms with Gasteiger partial charge in [-0.3, -0.25) is 4.98 Å². The molecular weight excluding hydrogens is 398 g/mol. The number of likely N-dealkylation sites (tertiary alicyclic amines) is 1. The zero-order valence-corrected chi connectivity index (χ0v) is 18.3. The van der Waals surface area contributed by atoms with Crippen LogP contribution in [0.1, 0.15) is 54.9 Å². The minimum absolute atomic E-state index is 0.474. The van der Waals surface area contributed by atoms with Gasteiger partial charge >= 0.3 is 0 Å². The maximum atomic E-state index is 9.27. The molecule has 0 unspecified atom stereocenters. The third-order valence-corrected chi connectivity index (χ3v) is 7.38. The molecule has 0 atom stereocenters. The lowest BCUT2D eigenvalue weighted by Gasteiger charge is -2.31. The summed E-state index contributed by atoms with van der Waals surface area (Å²) >= 11 is 0. The van der Waals surface area contributed by atoms with Crippen LogP contribution in [-0.2, 0) is 6.42 Å². The van der Waals surface area contributed by atoms with Gasteiger partial charge in [0.25, 0.3) is 0 Å². The van der Waals surface area contributed by atoms with Crippen LogP contribution in [0.4, 0.5) is 0 Å². The molecule has 3 aliphatic rings. The van der Waals surface area contributed by atoms with E-state index >= 15 is 0 Å². The van der Waals surface area contributed by atoms with E-state index in [1.807, 2.05) is 12.4 Å². The zero-order valence-electron chi connectivity index (χ0n) is 18.3. The first-order valence-corrected chi connectivity index (χ1v) is 11.9. The molecule has 2 aromatic heterocycles. The van der Waals surface area contributed by atoms with Crippen LogP contribution in [0.3, 0.4) is 0 Å². The van der Waals surface area contributed by atoms with Crippen LogP contribution in [0.2, 0.25) is 0 Å². The Morgan fingerprint density at radius 2 is 1.75 bits per heavy atom. The third kappa shape index (κ3) is 3.75. The van der Waals surface area contributed by atoms with Crippen molar-refractivity contribution in [2.75, 3.05) is 19.6 Å². The minimum atomic E-state index is 0.474. The second-order valence-corrected chi connectivity index (χ2v) is 9.56. The number of oxime groups is 1. The predicted molar refractivity (Wildman–Crippen MR) is 125 cm³/mol. The summed E-state index contributed by atoms with van der Waals surface area (Å²) in [4.78, 5) is 6.84. The smallest absolute Gasteiger partial charge is 0.142 e. The molecule has 2 aliphatic carbocycles. The average Bonchev–Trinajstić information content (AvgIpc) is 3.39. The zero-order chi connectivity index (χ0) is 21.5. The van der Waals surface area contributed by atoms with Gasteiger partial charge in [0.1, 0.15) is 11.5 Å². The van der Waals surface area contributed by atoms with Gasteiger partial charge in [0.05, 0.1) is 5.71 Å². The topological polar surface area (TPSA) is 61.9 Å². The Labute approximate surface area is 188 Å². The van der Waals surface area contributed by atoms with Gasteiger partial charge in [-0.25, -0.2) is 0 Å². The highest BCUT2D eigenvalue weighted by Gasteiger charge is 2.29. The molecule has 0 spiro atoms. The van der Waals surface area contributed by atoms with Crippen LogP contribution < -0.4 is 0 Å². The van der Waals surface area contributed by atoms with Crippen molar-refractivity contribution < 1.29 is 9.62 Å². The van der Waals surface area contributed by atoms with Crippen molar-refractivity contribution >= 4 is 5.71 Å². The fourth-order valence-corrected chi connectivity index (χ4v) is 5.35. The molecule has 1 aromatic carbocycles. The Balaban J connectivity index is 1.33. The summed E-state index contributed by atoms with van der Waals surface area (Å²) in [6.07, 6.45) is 10.5. The third-order valence-electron chi connectivity index (χ3n) is 7.38. The van der Waals surface area contributed by atoms with Gasteiger partial charge in [0, 0.05) is 41.5 Å². The second kappa shape index (κ2) is 8.21. The molecule has 3 heterocycles. The highest BCUT2D eigenvalue weighted by atomic mass is 16.4. The molecule has 0 radical (unpaired) electrons. The average molecular weight is 428 g/mol. The van der Waals surface area contributed by atoms with Gasteiger partial charge in [-0.05, 0) is 92.9 Å². The summed E-state index contributed by atoms with van der Waals surface area (Å²) in [5.74, 6) is 3.47. The van der Waals surface area contributed by atoms with Crippen molar-refractivity contribution in [2.24, 2.45) is 11.1 Å². The van der Waals surface area contributed by atoms with Gasteiger partial charge in [0.15, 0.2) is 0 Å². The van der Waals surface area contributed by atoms with Crippen molar-refractivity contribution in [1.29, 1.82) is 0 Å². The first kappa shape index (κ1) is 19.7. The van der Waals surface area contributed by atoms with Crippen LogP contribution in [-0.4, -0.2) is 40.4 Å². The van der Waals surface area contributed by atoms with Crippen LogP contribution in [0.15, 0.2) is 58.4 Å². The Morgan fingerprint density at radius 1 is 0.938 bits per heavy atom. The number of aromatic nitrogens is 1. The summed E-state index contributed by atoms with van der Waals surface area (Å²) in [5, 5.41) is 12.7.